The van der Waals surface area contributed by atoms with Crippen LogP contribution in [-0.2, 0) is 45.4 Å². The smallest absolute Gasteiger partial charge is 0.416 e. The number of oxazole rings is 1. The highest BCUT2D eigenvalue weighted by Gasteiger charge is 2.35. The summed E-state index contributed by atoms with van der Waals surface area (Å²) in [6, 6.07) is 18.6. The van der Waals surface area contributed by atoms with Crippen LogP contribution in [0, 0.1) is 6.92 Å². The number of hydrogen-bond acceptors (Lipinski definition) is 7. The molecule has 0 amide bonds. The molecule has 0 bridgehead atoms. The lowest BCUT2D eigenvalue weighted by atomic mass is 10.0. The van der Waals surface area contributed by atoms with E-state index in [2.05, 4.69) is 4.98 Å². The molecule has 0 N–H and O–H groups in total. The number of aryl methyl sites for hydroxylation is 2. The Balaban J connectivity index is 1.25. The number of rotatable bonds is 10. The zero-order valence-corrected chi connectivity index (χ0v) is 24.8. The molecule has 0 atom stereocenters. The van der Waals surface area contributed by atoms with Crippen LogP contribution >= 0.6 is 0 Å². The van der Waals surface area contributed by atoms with E-state index >= 15 is 0 Å². The van der Waals surface area contributed by atoms with Crippen molar-refractivity contribution in [1.82, 2.24) is 9.45 Å². The van der Waals surface area contributed by atoms with Gasteiger partial charge in [0.25, 0.3) is 0 Å². The van der Waals surface area contributed by atoms with Crippen LogP contribution in [0.5, 0.6) is 5.75 Å². The number of ether oxygens (including phenoxy) is 1. The first-order chi connectivity index (χ1) is 20.9. The molecule has 5 rings (SSSR count). The van der Waals surface area contributed by atoms with Gasteiger partial charge in [-0.1, -0.05) is 30.3 Å². The summed E-state index contributed by atoms with van der Waals surface area (Å²) in [6.07, 6.45) is -2.70. The second-order valence-electron chi connectivity index (χ2n) is 10.2. The van der Waals surface area contributed by atoms with Crippen LogP contribution in [-0.4, -0.2) is 37.0 Å². The van der Waals surface area contributed by atoms with E-state index < -0.39 is 27.9 Å². The van der Waals surface area contributed by atoms with Gasteiger partial charge in [0.05, 0.1) is 30.1 Å². The van der Waals surface area contributed by atoms with Crippen molar-refractivity contribution in [3.63, 3.8) is 0 Å². The fourth-order valence-corrected chi connectivity index (χ4v) is 6.40. The number of anilines is 1. The van der Waals surface area contributed by atoms with Crippen molar-refractivity contribution in [3.05, 3.63) is 101 Å². The lowest BCUT2D eigenvalue weighted by molar-refractivity contribution is -0.168. The Kier molecular flexibility index (Phi) is 8.97. The molecule has 3 aromatic carbocycles. The van der Waals surface area contributed by atoms with Gasteiger partial charge in [0, 0.05) is 25.5 Å². The van der Waals surface area contributed by atoms with Crippen molar-refractivity contribution in [3.8, 4) is 17.2 Å². The van der Waals surface area contributed by atoms with Crippen LogP contribution < -0.4 is 9.04 Å². The average Bonchev–Trinajstić information content (AvgIpc) is 3.36. The Hall–Kier alpha value is -4.36. The maximum absolute atomic E-state index is 13.7. The molecular weight excluding hydrogens is 599 g/mol. The van der Waals surface area contributed by atoms with Gasteiger partial charge in [-0.3, -0.25) is 9.10 Å². The van der Waals surface area contributed by atoms with Gasteiger partial charge >= 0.3 is 22.4 Å². The molecule has 9 nitrogen and oxygen atoms in total. The molecular formula is C31H30F3N3O6S. The minimum atomic E-state index is -4.43. The third-order valence-corrected chi connectivity index (χ3v) is 8.66. The van der Waals surface area contributed by atoms with Gasteiger partial charge in [0.15, 0.2) is 0 Å². The number of fused-ring (bicyclic) bond motifs is 1. The van der Waals surface area contributed by atoms with E-state index in [4.69, 9.17) is 14.0 Å². The van der Waals surface area contributed by atoms with E-state index in [0.29, 0.717) is 51.3 Å². The molecule has 0 spiro atoms. The molecule has 0 saturated heterocycles. The van der Waals surface area contributed by atoms with Crippen LogP contribution in [0.1, 0.15) is 41.5 Å². The van der Waals surface area contributed by atoms with E-state index in [1.165, 1.54) is 16.4 Å². The molecule has 0 fully saturated rings. The molecule has 2 heterocycles. The first kappa shape index (κ1) is 31.1. The molecule has 44 heavy (non-hydrogen) atoms. The number of nitrogens with zero attached hydrogens (tertiary/aromatic N) is 3. The number of halogens is 3. The van der Waals surface area contributed by atoms with Gasteiger partial charge in [0.2, 0.25) is 5.89 Å². The Labute approximate surface area is 253 Å². The first-order valence-corrected chi connectivity index (χ1v) is 15.2. The number of hydrogen-bond donors (Lipinski definition) is 0. The van der Waals surface area contributed by atoms with Crippen molar-refractivity contribution in [2.24, 2.45) is 0 Å². The summed E-state index contributed by atoms with van der Waals surface area (Å²) in [5.74, 6) is 0.398. The normalized spacial score (nSPS) is 13.5. The number of hydroxylamine groups is 1. The van der Waals surface area contributed by atoms with Crippen molar-refractivity contribution in [1.29, 1.82) is 0 Å². The summed E-state index contributed by atoms with van der Waals surface area (Å²) in [4.78, 5) is 21.5. The predicted octanol–water partition coefficient (Wildman–Crippen LogP) is 6.27. The molecule has 13 heteroatoms. The number of carbonyl (C=O) groups excluding carboxylic acids is 1. The zero-order chi connectivity index (χ0) is 31.5. The maximum Gasteiger partial charge on any atom is 0.416 e. The molecule has 1 aliphatic rings. The molecule has 0 saturated carbocycles. The highest BCUT2D eigenvalue weighted by atomic mass is 32.2. The van der Waals surface area contributed by atoms with Gasteiger partial charge in [-0.05, 0) is 77.8 Å². The Morgan fingerprint density at radius 1 is 1.07 bits per heavy atom. The predicted molar refractivity (Wildman–Crippen MR) is 156 cm³/mol. The molecule has 0 radical (unpaired) electrons. The largest absolute Gasteiger partial charge is 0.493 e. The lowest BCUT2D eigenvalue weighted by Gasteiger charge is -2.33. The van der Waals surface area contributed by atoms with Crippen LogP contribution in [0.25, 0.3) is 11.5 Å². The summed E-state index contributed by atoms with van der Waals surface area (Å²) in [5.41, 5.74) is 2.23. The molecule has 1 aliphatic heterocycles. The fraction of sp³-hybridized carbons (Fsp3) is 0.290. The third-order valence-electron chi connectivity index (χ3n) is 7.00. The van der Waals surface area contributed by atoms with E-state index in [9.17, 15) is 26.4 Å². The van der Waals surface area contributed by atoms with Gasteiger partial charge in [-0.2, -0.15) is 21.6 Å². The third kappa shape index (κ3) is 7.05. The SMILES string of the molecule is CC(=O)ON(Cc1cccc(OCCc2nc(-c3ccc(C(F)(F)F)cc3)oc2C)c1)S(=O)(=O)N1CCCc2ccccc21. The van der Waals surface area contributed by atoms with Crippen LogP contribution in [0.3, 0.4) is 0 Å². The van der Waals surface area contributed by atoms with Gasteiger partial charge in [-0.25, -0.2) is 4.98 Å². The van der Waals surface area contributed by atoms with E-state index in [1.54, 1.807) is 43.3 Å². The van der Waals surface area contributed by atoms with E-state index in [1.807, 2.05) is 12.1 Å². The molecule has 4 aromatic rings. The second kappa shape index (κ2) is 12.7. The van der Waals surface area contributed by atoms with Gasteiger partial charge in [0.1, 0.15) is 11.5 Å². The standard InChI is InChI=1S/C31H30F3N3O6S/c1-21-28(35-30(42-21)25-12-14-26(15-13-25)31(32,33)34)16-18-41-27-10-5-7-23(19-27)20-37(43-22(2)38)44(39,40)36-17-6-9-24-8-3-4-11-29(24)36/h3-5,7-8,10-15,19H,6,9,16-18,20H2,1-2H3. The zero-order valence-electron chi connectivity index (χ0n) is 24.0. The highest BCUT2D eigenvalue weighted by Crippen LogP contribution is 2.32. The summed E-state index contributed by atoms with van der Waals surface area (Å²) < 4.78 is 79.5. The maximum atomic E-state index is 13.7. The summed E-state index contributed by atoms with van der Waals surface area (Å²) in [7, 11) is -4.22. The second-order valence-corrected chi connectivity index (χ2v) is 11.9. The van der Waals surface area contributed by atoms with Gasteiger partial charge in [-0.15, -0.1) is 0 Å². The monoisotopic (exact) mass is 629 g/mol. The van der Waals surface area contributed by atoms with Crippen molar-refractivity contribution in [2.45, 2.75) is 45.8 Å². The topological polar surface area (TPSA) is 102 Å². The summed E-state index contributed by atoms with van der Waals surface area (Å²) in [5, 5.41) is 0. The lowest BCUT2D eigenvalue weighted by Crippen LogP contribution is -2.46. The van der Waals surface area contributed by atoms with Crippen LogP contribution in [0.15, 0.2) is 77.2 Å². The molecule has 1 aromatic heterocycles. The van der Waals surface area contributed by atoms with Crippen LogP contribution in [0.2, 0.25) is 0 Å². The minimum absolute atomic E-state index is 0.194. The number of para-hydroxylation sites is 1. The van der Waals surface area contributed by atoms with E-state index in [-0.39, 0.29) is 25.6 Å². The Bertz CT molecular complexity index is 1740. The van der Waals surface area contributed by atoms with Crippen molar-refractivity contribution >= 4 is 21.9 Å². The quantitative estimate of drug-likeness (QED) is 0.191. The summed E-state index contributed by atoms with van der Waals surface area (Å²) in [6.45, 7) is 3.06. The number of aromatic nitrogens is 1. The summed E-state index contributed by atoms with van der Waals surface area (Å²) >= 11 is 0. The fourth-order valence-electron chi connectivity index (χ4n) is 4.89. The average molecular weight is 630 g/mol. The Morgan fingerprint density at radius 3 is 2.55 bits per heavy atom. The first-order valence-electron chi connectivity index (χ1n) is 13.8. The minimum Gasteiger partial charge on any atom is -0.493 e. The highest BCUT2D eigenvalue weighted by molar-refractivity contribution is 7.90. The van der Waals surface area contributed by atoms with Crippen molar-refractivity contribution in [2.75, 3.05) is 17.5 Å². The van der Waals surface area contributed by atoms with Gasteiger partial charge < -0.3 is 14.0 Å². The molecule has 232 valence electrons. The number of alkyl halides is 3. The molecule has 0 aliphatic carbocycles. The van der Waals surface area contributed by atoms with E-state index in [0.717, 1.165) is 31.0 Å². The van der Waals surface area contributed by atoms with Crippen molar-refractivity contribution < 1.29 is 40.4 Å². The number of benzene rings is 3. The molecule has 0 unspecified atom stereocenters. The van der Waals surface area contributed by atoms with Crippen LogP contribution in [0.4, 0.5) is 18.9 Å². The number of carbonyl (C=O) groups is 1. The Morgan fingerprint density at radius 2 is 1.82 bits per heavy atom.